The summed E-state index contributed by atoms with van der Waals surface area (Å²) in [5.41, 5.74) is 1.75. The minimum atomic E-state index is -3.35. The number of sulfonamides is 1. The maximum absolute atomic E-state index is 12.2. The van der Waals surface area contributed by atoms with Crippen molar-refractivity contribution in [1.29, 1.82) is 0 Å². The van der Waals surface area contributed by atoms with E-state index in [1.165, 1.54) is 19.3 Å². The second kappa shape index (κ2) is 14.2. The van der Waals surface area contributed by atoms with E-state index in [0.717, 1.165) is 30.1 Å². The minimum absolute atomic E-state index is 0. The number of nitrogens with zero attached hydrogens (tertiary/aromatic N) is 1. The fourth-order valence-electron chi connectivity index (χ4n) is 2.63. The lowest BCUT2D eigenvalue weighted by Crippen LogP contribution is -2.37. The van der Waals surface area contributed by atoms with Crippen LogP contribution in [0.4, 0.5) is 0 Å². The lowest BCUT2D eigenvalue weighted by molar-refractivity contribution is 0.568. The Labute approximate surface area is 182 Å². The summed E-state index contributed by atoms with van der Waals surface area (Å²) in [6.07, 6.45) is 4.80. The summed E-state index contributed by atoms with van der Waals surface area (Å²) < 4.78 is 27.1. The topological polar surface area (TPSA) is 82.6 Å². The highest BCUT2D eigenvalue weighted by Gasteiger charge is 2.15. The van der Waals surface area contributed by atoms with Crippen molar-refractivity contribution in [3.63, 3.8) is 0 Å². The highest BCUT2D eigenvalue weighted by molar-refractivity contribution is 14.0. The SMILES string of the molecule is CCCCCCNC(=NC)NCc1ccccc1CS(=O)(=O)NC(C)C.I. The molecule has 0 saturated heterocycles. The monoisotopic (exact) mass is 510 g/mol. The number of unbranched alkanes of at least 4 members (excludes halogenated alkanes) is 3. The standard InChI is InChI=1S/C19H34N4O2S.HI/c1-5-6-7-10-13-21-19(20-4)22-14-17-11-8-9-12-18(17)15-26(24,25)23-16(2)3;/h8-9,11-12,16,23H,5-7,10,13-15H2,1-4H3,(H2,20,21,22);1H. The number of halogens is 1. The Bertz CT molecular complexity index is 663. The first-order valence-electron chi connectivity index (χ1n) is 9.39. The molecule has 8 heteroatoms. The molecule has 1 aromatic rings. The summed E-state index contributed by atoms with van der Waals surface area (Å²) in [5, 5.41) is 6.57. The molecule has 0 spiro atoms. The fraction of sp³-hybridized carbons (Fsp3) is 0.632. The number of rotatable bonds is 11. The molecule has 0 atom stereocenters. The quantitative estimate of drug-likeness (QED) is 0.185. The summed E-state index contributed by atoms with van der Waals surface area (Å²) in [7, 11) is -1.61. The average molecular weight is 510 g/mol. The second-order valence-electron chi connectivity index (χ2n) is 6.71. The van der Waals surface area contributed by atoms with Gasteiger partial charge in [0.15, 0.2) is 5.96 Å². The lowest BCUT2D eigenvalue weighted by Gasteiger charge is -2.15. The molecule has 1 rings (SSSR count). The van der Waals surface area contributed by atoms with Crippen molar-refractivity contribution in [3.05, 3.63) is 35.4 Å². The van der Waals surface area contributed by atoms with Gasteiger partial charge in [0.25, 0.3) is 0 Å². The molecule has 0 fully saturated rings. The largest absolute Gasteiger partial charge is 0.356 e. The van der Waals surface area contributed by atoms with Crippen LogP contribution < -0.4 is 15.4 Å². The smallest absolute Gasteiger partial charge is 0.216 e. The number of aliphatic imine (C=N–C) groups is 1. The van der Waals surface area contributed by atoms with Gasteiger partial charge in [-0.3, -0.25) is 4.99 Å². The number of hydrogen-bond acceptors (Lipinski definition) is 3. The Morgan fingerprint density at radius 3 is 2.33 bits per heavy atom. The number of guanidine groups is 1. The van der Waals surface area contributed by atoms with Gasteiger partial charge in [0.1, 0.15) is 0 Å². The summed E-state index contributed by atoms with van der Waals surface area (Å²) in [6, 6.07) is 7.48. The lowest BCUT2D eigenvalue weighted by atomic mass is 10.1. The molecular weight excluding hydrogens is 475 g/mol. The van der Waals surface area contributed by atoms with Gasteiger partial charge in [0, 0.05) is 26.2 Å². The second-order valence-corrected chi connectivity index (χ2v) is 8.47. The van der Waals surface area contributed by atoms with Crippen molar-refractivity contribution < 1.29 is 8.42 Å². The molecular formula is C19H35IN4O2S. The van der Waals surface area contributed by atoms with Crippen LogP contribution in [0.5, 0.6) is 0 Å². The Morgan fingerprint density at radius 2 is 1.74 bits per heavy atom. The van der Waals surface area contributed by atoms with Crippen LogP contribution in [0.15, 0.2) is 29.3 Å². The van der Waals surface area contributed by atoms with Gasteiger partial charge in [-0.05, 0) is 31.4 Å². The Balaban J connectivity index is 0.00000676. The van der Waals surface area contributed by atoms with Crippen molar-refractivity contribution in [2.75, 3.05) is 13.6 Å². The van der Waals surface area contributed by atoms with E-state index in [1.807, 2.05) is 38.1 Å². The van der Waals surface area contributed by atoms with Gasteiger partial charge in [0.2, 0.25) is 10.0 Å². The molecule has 0 saturated carbocycles. The molecule has 0 aliphatic carbocycles. The highest BCUT2D eigenvalue weighted by atomic mass is 127. The third kappa shape index (κ3) is 11.5. The predicted molar refractivity (Wildman–Crippen MR) is 125 cm³/mol. The van der Waals surface area contributed by atoms with Gasteiger partial charge in [-0.2, -0.15) is 0 Å². The van der Waals surface area contributed by atoms with Crippen LogP contribution in [0, 0.1) is 0 Å². The molecule has 0 amide bonds. The molecule has 0 bridgehead atoms. The van der Waals surface area contributed by atoms with Crippen molar-refractivity contribution in [2.24, 2.45) is 4.99 Å². The molecule has 0 radical (unpaired) electrons. The summed E-state index contributed by atoms with van der Waals surface area (Å²) in [6.45, 7) is 7.25. The highest BCUT2D eigenvalue weighted by Crippen LogP contribution is 2.12. The van der Waals surface area contributed by atoms with Crippen molar-refractivity contribution in [3.8, 4) is 0 Å². The zero-order chi connectivity index (χ0) is 19.4. The zero-order valence-corrected chi connectivity index (χ0v) is 20.1. The Morgan fingerprint density at radius 1 is 1.07 bits per heavy atom. The van der Waals surface area contributed by atoms with Crippen molar-refractivity contribution in [1.82, 2.24) is 15.4 Å². The molecule has 3 N–H and O–H groups in total. The van der Waals surface area contributed by atoms with E-state index in [4.69, 9.17) is 0 Å². The van der Waals surface area contributed by atoms with Gasteiger partial charge in [-0.25, -0.2) is 13.1 Å². The third-order valence-electron chi connectivity index (χ3n) is 3.87. The van der Waals surface area contributed by atoms with E-state index in [-0.39, 0.29) is 35.8 Å². The van der Waals surface area contributed by atoms with Gasteiger partial charge in [-0.1, -0.05) is 50.5 Å². The summed E-state index contributed by atoms with van der Waals surface area (Å²) in [5.74, 6) is 0.714. The molecule has 0 aliphatic rings. The Hall–Kier alpha value is -0.870. The predicted octanol–water partition coefficient (Wildman–Crippen LogP) is 3.38. The number of benzene rings is 1. The van der Waals surface area contributed by atoms with E-state index < -0.39 is 10.0 Å². The fourth-order valence-corrected chi connectivity index (χ4v) is 4.13. The van der Waals surface area contributed by atoms with Crippen LogP contribution >= 0.6 is 24.0 Å². The van der Waals surface area contributed by atoms with E-state index >= 15 is 0 Å². The van der Waals surface area contributed by atoms with Crippen molar-refractivity contribution >= 4 is 40.0 Å². The first kappa shape index (κ1) is 26.1. The number of hydrogen-bond donors (Lipinski definition) is 3. The van der Waals surface area contributed by atoms with Crippen LogP contribution in [0.1, 0.15) is 57.6 Å². The van der Waals surface area contributed by atoms with E-state index in [9.17, 15) is 8.42 Å². The molecule has 27 heavy (non-hydrogen) atoms. The summed E-state index contributed by atoms with van der Waals surface area (Å²) >= 11 is 0. The maximum atomic E-state index is 12.2. The third-order valence-corrected chi connectivity index (χ3v) is 5.39. The first-order chi connectivity index (χ1) is 12.4. The van der Waals surface area contributed by atoms with Crippen LogP contribution in [0.3, 0.4) is 0 Å². The Kier molecular flexibility index (Phi) is 13.7. The summed E-state index contributed by atoms with van der Waals surface area (Å²) in [4.78, 5) is 4.23. The normalized spacial score (nSPS) is 12.0. The van der Waals surface area contributed by atoms with Gasteiger partial charge >= 0.3 is 0 Å². The zero-order valence-electron chi connectivity index (χ0n) is 16.9. The molecule has 0 heterocycles. The molecule has 6 nitrogen and oxygen atoms in total. The van der Waals surface area contributed by atoms with Gasteiger partial charge < -0.3 is 10.6 Å². The van der Waals surface area contributed by atoms with Crippen LogP contribution in [0.2, 0.25) is 0 Å². The molecule has 0 aliphatic heterocycles. The minimum Gasteiger partial charge on any atom is -0.356 e. The van der Waals surface area contributed by atoms with Gasteiger partial charge in [0.05, 0.1) is 5.75 Å². The van der Waals surface area contributed by atoms with Crippen LogP contribution in [0.25, 0.3) is 0 Å². The molecule has 0 unspecified atom stereocenters. The van der Waals surface area contributed by atoms with E-state index in [0.29, 0.717) is 6.54 Å². The maximum Gasteiger partial charge on any atom is 0.216 e. The van der Waals surface area contributed by atoms with Crippen LogP contribution in [-0.2, 0) is 22.3 Å². The molecule has 1 aromatic carbocycles. The van der Waals surface area contributed by atoms with E-state index in [1.54, 1.807) is 7.05 Å². The van der Waals surface area contributed by atoms with Crippen LogP contribution in [-0.4, -0.2) is 34.0 Å². The molecule has 156 valence electrons. The van der Waals surface area contributed by atoms with E-state index in [2.05, 4.69) is 27.3 Å². The average Bonchev–Trinajstić information content (AvgIpc) is 2.57. The first-order valence-corrected chi connectivity index (χ1v) is 11.0. The van der Waals surface area contributed by atoms with Crippen molar-refractivity contribution in [2.45, 2.75) is 64.8 Å². The van der Waals surface area contributed by atoms with Gasteiger partial charge in [-0.15, -0.1) is 24.0 Å². The molecule has 0 aromatic heterocycles. The number of nitrogens with one attached hydrogen (secondary N) is 3.